The fraction of sp³-hybridized carbons (Fsp3) is 0.423. The van der Waals surface area contributed by atoms with Crippen molar-refractivity contribution in [2.24, 2.45) is 0 Å². The molecule has 2 aliphatic rings. The Morgan fingerprint density at radius 3 is 2.39 bits per heavy atom. The molecule has 36 heavy (non-hydrogen) atoms. The molecule has 0 unspecified atom stereocenters. The number of amides is 3. The molecule has 0 radical (unpaired) electrons. The van der Waals surface area contributed by atoms with Gasteiger partial charge in [0.2, 0.25) is 0 Å². The maximum absolute atomic E-state index is 13.6. The topological polar surface area (TPSA) is 94.2 Å². The number of carbonyl (C=O) groups is 3. The smallest absolute Gasteiger partial charge is 0.411 e. The Morgan fingerprint density at radius 2 is 1.61 bits per heavy atom. The lowest BCUT2D eigenvalue weighted by molar-refractivity contribution is 0.0759. The Hall–Kier alpha value is -3.66. The van der Waals surface area contributed by atoms with Crippen LogP contribution in [0.15, 0.2) is 42.5 Å². The molecule has 0 spiro atoms. The van der Waals surface area contributed by atoms with Crippen molar-refractivity contribution in [1.29, 1.82) is 0 Å². The minimum absolute atomic E-state index is 0.0825. The van der Waals surface area contributed by atoms with Crippen LogP contribution in [0.1, 0.15) is 33.6 Å². The van der Waals surface area contributed by atoms with Gasteiger partial charge in [-0.05, 0) is 55.8 Å². The second kappa shape index (κ2) is 11.9. The molecule has 2 saturated heterocycles. The van der Waals surface area contributed by atoms with Gasteiger partial charge < -0.3 is 24.8 Å². The molecule has 2 N–H and O–H groups in total. The number of carbonyl (C=O) groups excluding carboxylic acids is 3. The van der Waals surface area contributed by atoms with Crippen LogP contribution in [0, 0.1) is 5.82 Å². The summed E-state index contributed by atoms with van der Waals surface area (Å²) in [5, 5.41) is 6.04. The number of hydrogen-bond acceptors (Lipinski definition) is 6. The molecule has 0 aromatic heterocycles. The molecule has 10 heteroatoms. The van der Waals surface area contributed by atoms with Crippen LogP contribution in [0.3, 0.4) is 0 Å². The first kappa shape index (κ1) is 25.4. The number of hydrogen-bond donors (Lipinski definition) is 2. The Kier molecular flexibility index (Phi) is 8.37. The van der Waals surface area contributed by atoms with Gasteiger partial charge >= 0.3 is 6.09 Å². The first-order valence-electron chi connectivity index (χ1n) is 12.2. The fourth-order valence-corrected chi connectivity index (χ4v) is 4.60. The molecule has 4 rings (SSSR count). The lowest BCUT2D eigenvalue weighted by atomic mass is 10.1. The van der Waals surface area contributed by atoms with Crippen LogP contribution < -0.4 is 15.5 Å². The fourth-order valence-electron chi connectivity index (χ4n) is 4.60. The monoisotopic (exact) mass is 497 g/mol. The van der Waals surface area contributed by atoms with Gasteiger partial charge in [0, 0.05) is 56.9 Å². The zero-order chi connectivity index (χ0) is 25.5. The van der Waals surface area contributed by atoms with Crippen molar-refractivity contribution in [3.63, 3.8) is 0 Å². The molecule has 0 saturated carbocycles. The van der Waals surface area contributed by atoms with E-state index in [4.69, 9.17) is 4.74 Å². The number of halogens is 1. The van der Waals surface area contributed by atoms with Crippen molar-refractivity contribution < 1.29 is 23.5 Å². The Balaban J connectivity index is 1.53. The molecule has 0 bridgehead atoms. The molecule has 2 aromatic carbocycles. The van der Waals surface area contributed by atoms with Gasteiger partial charge in [-0.3, -0.25) is 14.9 Å². The number of nitrogens with zero attached hydrogens (tertiary/aromatic N) is 3. The molecular weight excluding hydrogens is 465 g/mol. The van der Waals surface area contributed by atoms with Gasteiger partial charge in [0.05, 0.1) is 18.5 Å². The summed E-state index contributed by atoms with van der Waals surface area (Å²) in [6.45, 7) is 5.06. The molecule has 2 heterocycles. The number of benzene rings is 2. The average molecular weight is 498 g/mol. The first-order valence-corrected chi connectivity index (χ1v) is 12.2. The van der Waals surface area contributed by atoms with Gasteiger partial charge in [-0.15, -0.1) is 0 Å². The minimum Gasteiger partial charge on any atom is -0.453 e. The van der Waals surface area contributed by atoms with Crippen LogP contribution in [0.25, 0.3) is 0 Å². The third kappa shape index (κ3) is 6.12. The summed E-state index contributed by atoms with van der Waals surface area (Å²) in [6, 6.07) is 11.0. The highest BCUT2D eigenvalue weighted by molar-refractivity contribution is 5.99. The minimum atomic E-state index is -0.627. The molecular formula is C26H32FN5O4. The van der Waals surface area contributed by atoms with Crippen molar-refractivity contribution in [2.45, 2.75) is 12.8 Å². The van der Waals surface area contributed by atoms with Gasteiger partial charge in [-0.2, -0.15) is 0 Å². The highest BCUT2D eigenvalue weighted by atomic mass is 19.1. The van der Waals surface area contributed by atoms with E-state index in [1.54, 1.807) is 23.1 Å². The lowest BCUT2D eigenvalue weighted by Crippen LogP contribution is -2.35. The summed E-state index contributed by atoms with van der Waals surface area (Å²) in [5.41, 5.74) is 2.04. The van der Waals surface area contributed by atoms with E-state index in [9.17, 15) is 18.8 Å². The molecule has 2 fully saturated rings. The number of methoxy groups -OCH3 is 1. The van der Waals surface area contributed by atoms with Gasteiger partial charge in [0.15, 0.2) is 0 Å². The number of nitrogens with one attached hydrogen (secondary N) is 2. The van der Waals surface area contributed by atoms with E-state index in [0.717, 1.165) is 25.2 Å². The SMILES string of the molecule is COC(=O)Nc1cc(C(=O)N2CCCNCC2)ccc1N1CCCN(C(=O)c2cccc(F)c2)CC1. The molecule has 0 aliphatic carbocycles. The molecule has 2 aromatic rings. The van der Waals surface area contributed by atoms with Crippen LogP contribution in [-0.4, -0.2) is 87.2 Å². The van der Waals surface area contributed by atoms with Crippen LogP contribution in [0.5, 0.6) is 0 Å². The summed E-state index contributed by atoms with van der Waals surface area (Å²) >= 11 is 0. The van der Waals surface area contributed by atoms with E-state index in [-0.39, 0.29) is 11.8 Å². The van der Waals surface area contributed by atoms with Crippen LogP contribution >= 0.6 is 0 Å². The van der Waals surface area contributed by atoms with E-state index >= 15 is 0 Å². The summed E-state index contributed by atoms with van der Waals surface area (Å²) < 4.78 is 18.4. The van der Waals surface area contributed by atoms with E-state index in [1.165, 1.54) is 25.3 Å². The Morgan fingerprint density at radius 1 is 0.861 bits per heavy atom. The zero-order valence-electron chi connectivity index (χ0n) is 20.5. The van der Waals surface area contributed by atoms with E-state index in [0.29, 0.717) is 62.5 Å². The van der Waals surface area contributed by atoms with E-state index in [1.807, 2.05) is 11.0 Å². The van der Waals surface area contributed by atoms with Crippen LogP contribution in [-0.2, 0) is 4.74 Å². The summed E-state index contributed by atoms with van der Waals surface area (Å²) in [7, 11) is 1.29. The first-order chi connectivity index (χ1) is 17.5. The van der Waals surface area contributed by atoms with Crippen molar-refractivity contribution in [3.8, 4) is 0 Å². The lowest BCUT2D eigenvalue weighted by Gasteiger charge is -2.27. The van der Waals surface area contributed by atoms with Gasteiger partial charge in [0.1, 0.15) is 5.82 Å². The van der Waals surface area contributed by atoms with Crippen molar-refractivity contribution >= 4 is 29.3 Å². The third-order valence-electron chi connectivity index (χ3n) is 6.49. The van der Waals surface area contributed by atoms with Gasteiger partial charge in [-0.1, -0.05) is 6.07 Å². The van der Waals surface area contributed by atoms with Gasteiger partial charge in [0.25, 0.3) is 11.8 Å². The summed E-state index contributed by atoms with van der Waals surface area (Å²) in [5.74, 6) is -0.736. The molecule has 3 amide bonds. The van der Waals surface area contributed by atoms with Crippen molar-refractivity contribution in [2.75, 3.05) is 69.7 Å². The average Bonchev–Trinajstić information content (AvgIpc) is 3.31. The predicted molar refractivity (Wildman–Crippen MR) is 135 cm³/mol. The van der Waals surface area contributed by atoms with Crippen LogP contribution in [0.2, 0.25) is 0 Å². The van der Waals surface area contributed by atoms with Gasteiger partial charge in [-0.25, -0.2) is 9.18 Å². The highest BCUT2D eigenvalue weighted by Crippen LogP contribution is 2.29. The Labute approximate surface area is 210 Å². The molecule has 0 atom stereocenters. The van der Waals surface area contributed by atoms with Crippen molar-refractivity contribution in [1.82, 2.24) is 15.1 Å². The normalized spacial score (nSPS) is 16.7. The standard InChI is InChI=1S/C26H32FN5O4/c1-36-26(35)29-22-18-20(25(34)31-11-3-9-28-10-14-31)7-8-23(22)30-12-4-13-32(16-15-30)24(33)19-5-2-6-21(27)17-19/h2,5-8,17-18,28H,3-4,9-16H2,1H3,(H,29,35). The third-order valence-corrected chi connectivity index (χ3v) is 6.49. The number of rotatable bonds is 4. The quantitative estimate of drug-likeness (QED) is 0.675. The van der Waals surface area contributed by atoms with E-state index < -0.39 is 11.9 Å². The second-order valence-corrected chi connectivity index (χ2v) is 8.89. The molecule has 192 valence electrons. The summed E-state index contributed by atoms with van der Waals surface area (Å²) in [4.78, 5) is 43.8. The number of ether oxygens (including phenoxy) is 1. The largest absolute Gasteiger partial charge is 0.453 e. The highest BCUT2D eigenvalue weighted by Gasteiger charge is 2.24. The maximum Gasteiger partial charge on any atom is 0.411 e. The zero-order valence-corrected chi connectivity index (χ0v) is 20.5. The predicted octanol–water partition coefficient (Wildman–Crippen LogP) is 2.79. The maximum atomic E-state index is 13.6. The molecule has 2 aliphatic heterocycles. The van der Waals surface area contributed by atoms with E-state index in [2.05, 4.69) is 15.5 Å². The number of anilines is 2. The van der Waals surface area contributed by atoms with Crippen molar-refractivity contribution in [3.05, 3.63) is 59.4 Å². The molecule has 9 nitrogen and oxygen atoms in total. The Bertz CT molecular complexity index is 1100. The second-order valence-electron chi connectivity index (χ2n) is 8.89. The summed E-state index contributed by atoms with van der Waals surface area (Å²) in [6.07, 6.45) is 0.952. The van der Waals surface area contributed by atoms with Crippen LogP contribution in [0.4, 0.5) is 20.6 Å².